The third kappa shape index (κ3) is 3.75. The molecule has 6 nitrogen and oxygen atoms in total. The molecule has 1 aliphatic carbocycles. The average Bonchev–Trinajstić information content (AvgIpc) is 3.47. The SMILES string of the molecule is CN1CC[C@H](Nc2cc([C@@H]3C[C@@H]3c3cnc(-c4ncccn4)nc3)cc(F)c2F)C1. The zero-order chi connectivity index (χ0) is 20.7. The van der Waals surface area contributed by atoms with Crippen molar-refractivity contribution in [3.05, 3.63) is 65.7 Å². The van der Waals surface area contributed by atoms with Crippen LogP contribution in [0, 0.1) is 11.6 Å². The fourth-order valence-electron chi connectivity index (χ4n) is 4.19. The number of aromatic nitrogens is 4. The molecule has 5 rings (SSSR count). The van der Waals surface area contributed by atoms with Crippen molar-refractivity contribution in [3.63, 3.8) is 0 Å². The standard InChI is InChI=1S/C22H22F2N6/c1-30-6-3-15(12-30)29-19-8-13(7-18(23)20(19)24)16-9-17(16)14-10-27-22(28-11-14)21-25-4-2-5-26-21/h2,4-5,7-8,10-11,15-17,29H,3,6,9,12H2,1H3/t15-,16-,17+/m0/s1. The van der Waals surface area contributed by atoms with Gasteiger partial charge in [0.05, 0.1) is 5.69 Å². The molecule has 2 aromatic heterocycles. The van der Waals surface area contributed by atoms with Gasteiger partial charge in [-0.1, -0.05) is 0 Å². The van der Waals surface area contributed by atoms with E-state index in [4.69, 9.17) is 0 Å². The summed E-state index contributed by atoms with van der Waals surface area (Å²) in [7, 11) is 2.03. The third-order valence-corrected chi connectivity index (χ3v) is 5.89. The van der Waals surface area contributed by atoms with Gasteiger partial charge in [-0.25, -0.2) is 28.7 Å². The Morgan fingerprint density at radius 3 is 2.37 bits per heavy atom. The predicted molar refractivity (Wildman–Crippen MR) is 109 cm³/mol. The minimum Gasteiger partial charge on any atom is -0.379 e. The van der Waals surface area contributed by atoms with Crippen molar-refractivity contribution in [2.75, 3.05) is 25.5 Å². The Hall–Kier alpha value is -3.00. The molecule has 1 N–H and O–H groups in total. The van der Waals surface area contributed by atoms with Crippen molar-refractivity contribution >= 4 is 5.69 Å². The lowest BCUT2D eigenvalue weighted by Gasteiger charge is -2.16. The van der Waals surface area contributed by atoms with Crippen LogP contribution in [0.25, 0.3) is 11.6 Å². The van der Waals surface area contributed by atoms with E-state index in [1.165, 1.54) is 6.07 Å². The minimum absolute atomic E-state index is 0.134. The Kier molecular flexibility index (Phi) is 4.86. The topological polar surface area (TPSA) is 66.8 Å². The second-order valence-corrected chi connectivity index (χ2v) is 8.12. The van der Waals surface area contributed by atoms with Crippen LogP contribution in [0.3, 0.4) is 0 Å². The number of nitrogens with one attached hydrogen (secondary N) is 1. The van der Waals surface area contributed by atoms with E-state index in [1.807, 2.05) is 7.05 Å². The number of halogens is 2. The maximum atomic E-state index is 14.4. The van der Waals surface area contributed by atoms with E-state index in [1.54, 1.807) is 36.9 Å². The number of rotatable bonds is 5. The molecular formula is C22H22F2N6. The van der Waals surface area contributed by atoms with Gasteiger partial charge in [-0.3, -0.25) is 0 Å². The van der Waals surface area contributed by atoms with Crippen molar-refractivity contribution in [2.45, 2.75) is 30.7 Å². The Morgan fingerprint density at radius 1 is 0.967 bits per heavy atom. The van der Waals surface area contributed by atoms with Crippen LogP contribution in [-0.4, -0.2) is 51.0 Å². The molecule has 154 valence electrons. The first kappa shape index (κ1) is 19.0. The highest BCUT2D eigenvalue weighted by Crippen LogP contribution is 2.55. The molecule has 3 aromatic rings. The van der Waals surface area contributed by atoms with E-state index in [0.29, 0.717) is 11.6 Å². The van der Waals surface area contributed by atoms with Gasteiger partial charge >= 0.3 is 0 Å². The summed E-state index contributed by atoms with van der Waals surface area (Å²) in [6, 6.07) is 4.95. The lowest BCUT2D eigenvalue weighted by Crippen LogP contribution is -2.24. The van der Waals surface area contributed by atoms with Gasteiger partial charge in [-0.15, -0.1) is 0 Å². The molecule has 30 heavy (non-hydrogen) atoms. The van der Waals surface area contributed by atoms with Crippen molar-refractivity contribution in [1.82, 2.24) is 24.8 Å². The summed E-state index contributed by atoms with van der Waals surface area (Å²) in [6.45, 7) is 1.78. The number of anilines is 1. The maximum absolute atomic E-state index is 14.4. The van der Waals surface area contributed by atoms with Gasteiger partial charge in [0, 0.05) is 37.4 Å². The summed E-state index contributed by atoms with van der Waals surface area (Å²) in [5.74, 6) is -0.330. The van der Waals surface area contributed by atoms with E-state index in [0.717, 1.165) is 37.1 Å². The summed E-state index contributed by atoms with van der Waals surface area (Å²) in [5, 5.41) is 3.19. The fourth-order valence-corrected chi connectivity index (χ4v) is 4.19. The number of benzene rings is 1. The minimum atomic E-state index is -0.806. The Bertz CT molecular complexity index is 1040. The molecule has 3 heterocycles. The number of nitrogens with zero attached hydrogens (tertiary/aromatic N) is 5. The third-order valence-electron chi connectivity index (χ3n) is 5.89. The second kappa shape index (κ2) is 7.68. The quantitative estimate of drug-likeness (QED) is 0.696. The van der Waals surface area contributed by atoms with Crippen LogP contribution < -0.4 is 5.32 Å². The van der Waals surface area contributed by atoms with E-state index >= 15 is 0 Å². The average molecular weight is 408 g/mol. The summed E-state index contributed by atoms with van der Waals surface area (Å²) in [5.41, 5.74) is 2.04. The molecule has 0 unspecified atom stereocenters. The predicted octanol–water partition coefficient (Wildman–Crippen LogP) is 3.60. The van der Waals surface area contributed by atoms with Crippen LogP contribution >= 0.6 is 0 Å². The van der Waals surface area contributed by atoms with E-state index in [2.05, 4.69) is 30.2 Å². The number of likely N-dealkylation sites (tertiary alicyclic amines) is 1. The van der Waals surface area contributed by atoms with Crippen LogP contribution in [0.1, 0.15) is 35.8 Å². The summed E-state index contributed by atoms with van der Waals surface area (Å²) in [6.07, 6.45) is 8.63. The van der Waals surface area contributed by atoms with Crippen LogP contribution in [0.2, 0.25) is 0 Å². The van der Waals surface area contributed by atoms with E-state index < -0.39 is 11.6 Å². The largest absolute Gasteiger partial charge is 0.379 e. The van der Waals surface area contributed by atoms with Gasteiger partial charge in [-0.2, -0.15) is 0 Å². The Morgan fingerprint density at radius 2 is 1.67 bits per heavy atom. The lowest BCUT2D eigenvalue weighted by molar-refractivity contribution is 0.413. The van der Waals surface area contributed by atoms with Gasteiger partial charge in [0.25, 0.3) is 0 Å². The van der Waals surface area contributed by atoms with Crippen LogP contribution in [0.4, 0.5) is 14.5 Å². The zero-order valence-electron chi connectivity index (χ0n) is 16.6. The van der Waals surface area contributed by atoms with Crippen molar-refractivity contribution < 1.29 is 8.78 Å². The number of hydrogen-bond donors (Lipinski definition) is 1. The maximum Gasteiger partial charge on any atom is 0.197 e. The van der Waals surface area contributed by atoms with Gasteiger partial charge in [0.1, 0.15) is 0 Å². The molecular weight excluding hydrogens is 386 g/mol. The molecule has 1 aromatic carbocycles. The Balaban J connectivity index is 1.32. The highest BCUT2D eigenvalue weighted by molar-refractivity contribution is 5.52. The fraction of sp³-hybridized carbons (Fsp3) is 0.364. The zero-order valence-corrected chi connectivity index (χ0v) is 16.6. The molecule has 0 spiro atoms. The first-order valence-corrected chi connectivity index (χ1v) is 10.1. The van der Waals surface area contributed by atoms with Gasteiger partial charge in [-0.05, 0) is 67.6 Å². The Labute approximate surface area is 173 Å². The molecule has 0 amide bonds. The van der Waals surface area contributed by atoms with Crippen molar-refractivity contribution in [2.24, 2.45) is 0 Å². The second-order valence-electron chi connectivity index (χ2n) is 8.12. The molecule has 0 bridgehead atoms. The van der Waals surface area contributed by atoms with Gasteiger partial charge in [0.15, 0.2) is 23.3 Å². The van der Waals surface area contributed by atoms with Crippen LogP contribution in [0.15, 0.2) is 43.0 Å². The summed E-state index contributed by atoms with van der Waals surface area (Å²) >= 11 is 0. The first-order valence-electron chi connectivity index (χ1n) is 10.1. The van der Waals surface area contributed by atoms with Crippen molar-refractivity contribution in [1.29, 1.82) is 0 Å². The molecule has 1 saturated carbocycles. The van der Waals surface area contributed by atoms with Gasteiger partial charge < -0.3 is 10.2 Å². The van der Waals surface area contributed by atoms with Crippen LogP contribution in [0.5, 0.6) is 0 Å². The number of hydrogen-bond acceptors (Lipinski definition) is 6. The first-order chi connectivity index (χ1) is 14.6. The monoisotopic (exact) mass is 408 g/mol. The molecule has 2 fully saturated rings. The summed E-state index contributed by atoms with van der Waals surface area (Å²) in [4.78, 5) is 19.2. The number of likely N-dealkylation sites (N-methyl/N-ethyl adjacent to an activating group) is 1. The molecule has 0 radical (unpaired) electrons. The normalized spacial score (nSPS) is 23.5. The van der Waals surface area contributed by atoms with Crippen LogP contribution in [-0.2, 0) is 0 Å². The lowest BCUT2D eigenvalue weighted by atomic mass is 10.0. The van der Waals surface area contributed by atoms with Crippen molar-refractivity contribution in [3.8, 4) is 11.6 Å². The highest BCUT2D eigenvalue weighted by atomic mass is 19.2. The van der Waals surface area contributed by atoms with E-state index in [9.17, 15) is 8.78 Å². The molecule has 1 saturated heterocycles. The molecule has 1 aliphatic heterocycles. The smallest absolute Gasteiger partial charge is 0.197 e. The van der Waals surface area contributed by atoms with Gasteiger partial charge in [0.2, 0.25) is 0 Å². The molecule has 2 aliphatic rings. The molecule has 3 atom stereocenters. The molecule has 8 heteroatoms. The highest BCUT2D eigenvalue weighted by Gasteiger charge is 2.41. The van der Waals surface area contributed by atoms with E-state index in [-0.39, 0.29) is 23.6 Å². The summed E-state index contributed by atoms with van der Waals surface area (Å²) < 4.78 is 28.6.